The maximum Gasteiger partial charge on any atom is 0.183 e. The van der Waals surface area contributed by atoms with Gasteiger partial charge in [0.15, 0.2) is 11.6 Å². The number of aromatic amines is 1. The minimum Gasteiger partial charge on any atom is -0.394 e. The van der Waals surface area contributed by atoms with Crippen molar-refractivity contribution in [2.24, 2.45) is 0 Å². The molecule has 7 heteroatoms. The van der Waals surface area contributed by atoms with Gasteiger partial charge in [-0.15, -0.1) is 0 Å². The highest BCUT2D eigenvalue weighted by Crippen LogP contribution is 2.28. The van der Waals surface area contributed by atoms with Gasteiger partial charge in [-0.05, 0) is 18.6 Å². The summed E-state index contributed by atoms with van der Waals surface area (Å²) in [5.74, 6) is 1.46. The van der Waals surface area contributed by atoms with Crippen molar-refractivity contribution in [1.82, 2.24) is 29.5 Å². The first-order chi connectivity index (χ1) is 12.3. The quantitative estimate of drug-likeness (QED) is 0.567. The smallest absolute Gasteiger partial charge is 0.183 e. The number of H-pyrrole nitrogens is 1. The fraction of sp³-hybridized carbons (Fsp3) is 0.278. The van der Waals surface area contributed by atoms with Crippen LogP contribution < -0.4 is 0 Å². The van der Waals surface area contributed by atoms with Crippen LogP contribution in [0.5, 0.6) is 0 Å². The van der Waals surface area contributed by atoms with E-state index >= 15 is 0 Å². The van der Waals surface area contributed by atoms with Crippen LogP contribution in [0.1, 0.15) is 25.2 Å². The zero-order valence-electron chi connectivity index (χ0n) is 14.0. The molecule has 0 bridgehead atoms. The minimum atomic E-state index is -0.0204. The highest BCUT2D eigenvalue weighted by molar-refractivity contribution is 5.93. The molecule has 1 unspecified atom stereocenters. The standard InChI is InChI=1S/C18H20N6O/c1-2-16(23-9-5-8-20-23)18-21-17(22-24(18)10-11-25)14-12-19-15-7-4-3-6-13(14)15/h3-9,12,16,19,25H,2,10-11H2,1H3. The van der Waals surface area contributed by atoms with Crippen LogP contribution >= 0.6 is 0 Å². The molecule has 128 valence electrons. The molecule has 3 heterocycles. The second kappa shape index (κ2) is 6.52. The number of benzene rings is 1. The van der Waals surface area contributed by atoms with E-state index in [9.17, 15) is 5.11 Å². The van der Waals surface area contributed by atoms with E-state index < -0.39 is 0 Å². The van der Waals surface area contributed by atoms with Gasteiger partial charge < -0.3 is 10.1 Å². The molecular weight excluding hydrogens is 316 g/mol. The lowest BCUT2D eigenvalue weighted by atomic mass is 10.1. The topological polar surface area (TPSA) is 84.5 Å². The molecule has 0 saturated carbocycles. The lowest BCUT2D eigenvalue weighted by molar-refractivity contribution is 0.263. The SMILES string of the molecule is CCC(c1nc(-c2c[nH]c3ccccc23)nn1CCO)n1cccn1. The molecule has 0 fully saturated rings. The van der Waals surface area contributed by atoms with Crippen LogP contribution in [0, 0.1) is 0 Å². The molecule has 1 aromatic carbocycles. The van der Waals surface area contributed by atoms with Crippen molar-refractivity contribution in [3.8, 4) is 11.4 Å². The van der Waals surface area contributed by atoms with E-state index in [1.165, 1.54) is 0 Å². The van der Waals surface area contributed by atoms with Crippen LogP contribution in [-0.2, 0) is 6.54 Å². The first-order valence-corrected chi connectivity index (χ1v) is 8.43. The summed E-state index contributed by atoms with van der Waals surface area (Å²) < 4.78 is 3.67. The maximum absolute atomic E-state index is 9.42. The van der Waals surface area contributed by atoms with Crippen molar-refractivity contribution >= 4 is 10.9 Å². The van der Waals surface area contributed by atoms with Gasteiger partial charge in [-0.2, -0.15) is 10.2 Å². The third-order valence-electron chi connectivity index (χ3n) is 4.37. The summed E-state index contributed by atoms with van der Waals surface area (Å²) in [6.45, 7) is 2.51. The average Bonchev–Trinajstić information content (AvgIpc) is 3.36. The first kappa shape index (κ1) is 15.6. The van der Waals surface area contributed by atoms with Gasteiger partial charge in [-0.1, -0.05) is 25.1 Å². The maximum atomic E-state index is 9.42. The molecule has 3 aromatic heterocycles. The van der Waals surface area contributed by atoms with Crippen LogP contribution in [0.3, 0.4) is 0 Å². The monoisotopic (exact) mass is 336 g/mol. The molecule has 25 heavy (non-hydrogen) atoms. The van der Waals surface area contributed by atoms with E-state index in [0.717, 1.165) is 28.7 Å². The molecule has 0 aliphatic carbocycles. The van der Waals surface area contributed by atoms with Crippen molar-refractivity contribution in [3.05, 3.63) is 54.7 Å². The van der Waals surface area contributed by atoms with Crippen molar-refractivity contribution in [2.75, 3.05) is 6.61 Å². The largest absolute Gasteiger partial charge is 0.394 e. The van der Waals surface area contributed by atoms with Crippen molar-refractivity contribution in [2.45, 2.75) is 25.9 Å². The molecule has 0 spiro atoms. The molecule has 4 rings (SSSR count). The van der Waals surface area contributed by atoms with E-state index in [-0.39, 0.29) is 12.6 Å². The Labute approximate surface area is 144 Å². The molecule has 0 radical (unpaired) electrons. The summed E-state index contributed by atoms with van der Waals surface area (Å²) >= 11 is 0. The van der Waals surface area contributed by atoms with Gasteiger partial charge in [0.05, 0.1) is 13.2 Å². The number of nitrogens with one attached hydrogen (secondary N) is 1. The number of aromatic nitrogens is 6. The number of aliphatic hydroxyl groups excluding tert-OH is 1. The Balaban J connectivity index is 1.83. The van der Waals surface area contributed by atoms with E-state index in [2.05, 4.69) is 28.2 Å². The number of hydrogen-bond acceptors (Lipinski definition) is 4. The summed E-state index contributed by atoms with van der Waals surface area (Å²) in [5.41, 5.74) is 2.01. The average molecular weight is 336 g/mol. The highest BCUT2D eigenvalue weighted by Gasteiger charge is 2.22. The number of rotatable bonds is 6. The Kier molecular flexibility index (Phi) is 4.07. The van der Waals surface area contributed by atoms with Gasteiger partial charge in [-0.3, -0.25) is 4.68 Å². The van der Waals surface area contributed by atoms with Gasteiger partial charge >= 0.3 is 0 Å². The summed E-state index contributed by atoms with van der Waals surface area (Å²) in [4.78, 5) is 8.07. The lowest BCUT2D eigenvalue weighted by Gasteiger charge is -2.15. The van der Waals surface area contributed by atoms with Crippen molar-refractivity contribution < 1.29 is 5.11 Å². The van der Waals surface area contributed by atoms with Crippen LogP contribution in [-0.4, -0.2) is 41.2 Å². The first-order valence-electron chi connectivity index (χ1n) is 8.43. The summed E-state index contributed by atoms with van der Waals surface area (Å²) in [6.07, 6.45) is 6.45. The minimum absolute atomic E-state index is 0.0131. The van der Waals surface area contributed by atoms with Crippen LogP contribution in [0.25, 0.3) is 22.3 Å². The predicted molar refractivity (Wildman–Crippen MR) is 95.1 cm³/mol. The summed E-state index contributed by atoms with van der Waals surface area (Å²) in [6, 6.07) is 9.96. The van der Waals surface area contributed by atoms with E-state index in [0.29, 0.717) is 12.4 Å². The Bertz CT molecular complexity index is 969. The van der Waals surface area contributed by atoms with Crippen LogP contribution in [0.15, 0.2) is 48.9 Å². The number of fused-ring (bicyclic) bond motifs is 1. The second-order valence-electron chi connectivity index (χ2n) is 5.90. The molecule has 0 aliphatic heterocycles. The number of para-hydroxylation sites is 1. The predicted octanol–water partition coefficient (Wildman–Crippen LogP) is 2.61. The molecule has 0 aliphatic rings. The highest BCUT2D eigenvalue weighted by atomic mass is 16.3. The summed E-state index contributed by atoms with van der Waals surface area (Å²) in [7, 11) is 0. The number of aliphatic hydroxyl groups is 1. The molecule has 4 aromatic rings. The zero-order chi connectivity index (χ0) is 17.2. The van der Waals surface area contributed by atoms with Gasteiger partial charge in [0.1, 0.15) is 6.04 Å². The number of hydrogen-bond donors (Lipinski definition) is 2. The fourth-order valence-corrected chi connectivity index (χ4v) is 3.18. The Hall–Kier alpha value is -2.93. The Morgan fingerprint density at radius 3 is 2.88 bits per heavy atom. The second-order valence-corrected chi connectivity index (χ2v) is 5.90. The molecule has 0 saturated heterocycles. The van der Waals surface area contributed by atoms with Gasteiger partial charge in [0.2, 0.25) is 0 Å². The normalized spacial score (nSPS) is 12.7. The zero-order valence-corrected chi connectivity index (χ0v) is 14.0. The molecule has 1 atom stereocenters. The van der Waals surface area contributed by atoms with Gasteiger partial charge in [0.25, 0.3) is 0 Å². The van der Waals surface area contributed by atoms with Crippen LogP contribution in [0.2, 0.25) is 0 Å². The fourth-order valence-electron chi connectivity index (χ4n) is 3.18. The molecule has 2 N–H and O–H groups in total. The Morgan fingerprint density at radius 2 is 2.12 bits per heavy atom. The third-order valence-corrected chi connectivity index (χ3v) is 4.37. The Morgan fingerprint density at radius 1 is 1.24 bits per heavy atom. The van der Waals surface area contributed by atoms with Crippen molar-refractivity contribution in [3.63, 3.8) is 0 Å². The molecule has 7 nitrogen and oxygen atoms in total. The third kappa shape index (κ3) is 2.72. The number of nitrogens with zero attached hydrogens (tertiary/aromatic N) is 5. The summed E-state index contributed by atoms with van der Waals surface area (Å²) in [5, 5.41) is 19.5. The lowest BCUT2D eigenvalue weighted by Crippen LogP contribution is -2.18. The van der Waals surface area contributed by atoms with Crippen LogP contribution in [0.4, 0.5) is 0 Å². The van der Waals surface area contributed by atoms with Gasteiger partial charge in [0, 0.05) is 35.1 Å². The van der Waals surface area contributed by atoms with Gasteiger partial charge in [-0.25, -0.2) is 9.67 Å². The van der Waals surface area contributed by atoms with E-state index in [1.54, 1.807) is 10.9 Å². The van der Waals surface area contributed by atoms with E-state index in [1.807, 2.05) is 41.3 Å². The van der Waals surface area contributed by atoms with E-state index in [4.69, 9.17) is 4.98 Å². The van der Waals surface area contributed by atoms with Crippen molar-refractivity contribution in [1.29, 1.82) is 0 Å². The molecule has 0 amide bonds. The molecular formula is C18H20N6O.